The zero-order valence-electron chi connectivity index (χ0n) is 19.3. The van der Waals surface area contributed by atoms with Crippen LogP contribution in [0.5, 0.6) is 0 Å². The molecular formula is C22H34N2O10. The summed E-state index contributed by atoms with van der Waals surface area (Å²) in [6, 6.07) is 8.98. The summed E-state index contributed by atoms with van der Waals surface area (Å²) in [7, 11) is 0. The number of carbonyl (C=O) groups excluding carboxylic acids is 3. The minimum atomic E-state index is -1.52. The predicted molar refractivity (Wildman–Crippen MR) is 119 cm³/mol. The Bertz CT molecular complexity index is 687. The maximum Gasteiger partial charge on any atom is 0.508 e. The molecule has 0 heterocycles. The SMILES string of the molecule is CC(COC(=O)OCCNCCO)(COC(=O)OCCNCCO)C(=O)OCc1ccccc1. The Hall–Kier alpha value is -2.93. The second-order valence-electron chi connectivity index (χ2n) is 7.34. The highest BCUT2D eigenvalue weighted by molar-refractivity contribution is 5.77. The fraction of sp³-hybridized carbons (Fsp3) is 0.591. The average molecular weight is 487 g/mol. The lowest BCUT2D eigenvalue weighted by Gasteiger charge is -2.26. The van der Waals surface area contributed by atoms with Crippen molar-refractivity contribution in [2.45, 2.75) is 13.5 Å². The summed E-state index contributed by atoms with van der Waals surface area (Å²) in [6.45, 7) is 1.73. The Balaban J connectivity index is 2.59. The molecule has 0 aliphatic carbocycles. The van der Waals surface area contributed by atoms with Gasteiger partial charge in [-0.3, -0.25) is 4.79 Å². The maximum atomic E-state index is 12.8. The van der Waals surface area contributed by atoms with Crippen molar-refractivity contribution >= 4 is 18.3 Å². The lowest BCUT2D eigenvalue weighted by molar-refractivity contribution is -0.162. The molecule has 1 aromatic rings. The lowest BCUT2D eigenvalue weighted by atomic mass is 9.93. The molecule has 0 aliphatic heterocycles. The molecular weight excluding hydrogens is 452 g/mol. The van der Waals surface area contributed by atoms with Gasteiger partial charge >= 0.3 is 18.3 Å². The fourth-order valence-electron chi connectivity index (χ4n) is 2.40. The third kappa shape index (κ3) is 12.9. The molecule has 0 saturated heterocycles. The van der Waals surface area contributed by atoms with Crippen LogP contribution in [0.3, 0.4) is 0 Å². The lowest BCUT2D eigenvalue weighted by Crippen LogP contribution is -2.40. The normalized spacial score (nSPS) is 10.9. The molecule has 12 nitrogen and oxygen atoms in total. The highest BCUT2D eigenvalue weighted by Crippen LogP contribution is 2.22. The number of hydrogen-bond donors (Lipinski definition) is 4. The van der Waals surface area contributed by atoms with E-state index < -0.39 is 36.9 Å². The molecule has 0 unspecified atom stereocenters. The summed E-state index contributed by atoms with van der Waals surface area (Å²) in [4.78, 5) is 36.5. The van der Waals surface area contributed by atoms with Gasteiger partial charge < -0.3 is 44.5 Å². The van der Waals surface area contributed by atoms with Crippen molar-refractivity contribution in [2.24, 2.45) is 5.41 Å². The fourth-order valence-corrected chi connectivity index (χ4v) is 2.40. The molecule has 192 valence electrons. The molecule has 0 bridgehead atoms. The first-order valence-corrected chi connectivity index (χ1v) is 10.8. The Kier molecular flexibility index (Phi) is 15.0. The minimum absolute atomic E-state index is 0.00113. The standard InChI is InChI=1S/C22H34N2O10/c1-22(16-33-20(28)30-13-9-23-7-11-25,17-34-21(29)31-14-10-24-8-12-26)19(27)32-15-18-5-3-2-4-6-18/h2-6,23-26H,7-17H2,1H3. The maximum absolute atomic E-state index is 12.8. The van der Waals surface area contributed by atoms with Gasteiger partial charge in [-0.15, -0.1) is 0 Å². The Morgan fingerprint density at radius 1 is 0.765 bits per heavy atom. The van der Waals surface area contributed by atoms with Crippen LogP contribution in [-0.2, 0) is 35.1 Å². The van der Waals surface area contributed by atoms with E-state index in [0.29, 0.717) is 26.2 Å². The zero-order chi connectivity index (χ0) is 25.1. The van der Waals surface area contributed by atoms with Gasteiger partial charge in [-0.05, 0) is 12.5 Å². The van der Waals surface area contributed by atoms with Crippen LogP contribution in [0.25, 0.3) is 0 Å². The third-order valence-corrected chi connectivity index (χ3v) is 4.30. The number of nitrogens with one attached hydrogen (secondary N) is 2. The summed E-state index contributed by atoms with van der Waals surface area (Å²) in [6.07, 6.45) is -2.02. The summed E-state index contributed by atoms with van der Waals surface area (Å²) >= 11 is 0. The van der Waals surface area contributed by atoms with Crippen molar-refractivity contribution in [3.63, 3.8) is 0 Å². The van der Waals surface area contributed by atoms with E-state index >= 15 is 0 Å². The Morgan fingerprint density at radius 3 is 1.74 bits per heavy atom. The van der Waals surface area contributed by atoms with E-state index in [9.17, 15) is 14.4 Å². The number of carbonyl (C=O) groups is 3. The number of benzene rings is 1. The minimum Gasteiger partial charge on any atom is -0.460 e. The van der Waals surface area contributed by atoms with E-state index in [1.807, 2.05) is 6.07 Å². The van der Waals surface area contributed by atoms with Gasteiger partial charge in [-0.1, -0.05) is 30.3 Å². The topological polar surface area (TPSA) is 162 Å². The summed E-state index contributed by atoms with van der Waals surface area (Å²) in [5.41, 5.74) is -0.762. The van der Waals surface area contributed by atoms with Crippen LogP contribution in [0.2, 0.25) is 0 Å². The van der Waals surface area contributed by atoms with Crippen LogP contribution in [0.15, 0.2) is 30.3 Å². The van der Waals surface area contributed by atoms with Gasteiger partial charge in [0, 0.05) is 26.2 Å². The molecule has 0 atom stereocenters. The van der Waals surface area contributed by atoms with Crippen molar-refractivity contribution in [1.29, 1.82) is 0 Å². The van der Waals surface area contributed by atoms with E-state index in [1.54, 1.807) is 24.3 Å². The van der Waals surface area contributed by atoms with Crippen LogP contribution >= 0.6 is 0 Å². The Morgan fingerprint density at radius 2 is 1.26 bits per heavy atom. The largest absolute Gasteiger partial charge is 0.508 e. The van der Waals surface area contributed by atoms with Gasteiger partial charge in [0.05, 0.1) is 13.2 Å². The zero-order valence-corrected chi connectivity index (χ0v) is 19.3. The molecule has 0 saturated carbocycles. The predicted octanol–water partition coefficient (Wildman–Crippen LogP) is 0.206. The first-order valence-electron chi connectivity index (χ1n) is 10.8. The van der Waals surface area contributed by atoms with E-state index in [-0.39, 0.29) is 33.0 Å². The van der Waals surface area contributed by atoms with E-state index in [1.165, 1.54) is 6.92 Å². The monoisotopic (exact) mass is 486 g/mol. The van der Waals surface area contributed by atoms with Gasteiger partial charge in [0.15, 0.2) is 0 Å². The first-order chi connectivity index (χ1) is 16.4. The van der Waals surface area contributed by atoms with Crippen LogP contribution in [0, 0.1) is 5.41 Å². The summed E-state index contributed by atoms with van der Waals surface area (Å²) in [5, 5.41) is 23.0. The first kappa shape index (κ1) is 29.1. The number of aliphatic hydroxyl groups excluding tert-OH is 2. The number of esters is 1. The van der Waals surface area contributed by atoms with Gasteiger partial charge in [0.25, 0.3) is 0 Å². The van der Waals surface area contributed by atoms with Crippen LogP contribution < -0.4 is 10.6 Å². The summed E-state index contributed by atoms with van der Waals surface area (Å²) < 4.78 is 25.2. The highest BCUT2D eigenvalue weighted by Gasteiger charge is 2.39. The molecule has 0 radical (unpaired) electrons. The second kappa shape index (κ2) is 17.5. The number of rotatable bonds is 17. The van der Waals surface area contributed by atoms with Gasteiger partial charge in [-0.2, -0.15) is 0 Å². The molecule has 1 aromatic carbocycles. The van der Waals surface area contributed by atoms with E-state index in [4.69, 9.17) is 33.9 Å². The smallest absolute Gasteiger partial charge is 0.460 e. The quantitative estimate of drug-likeness (QED) is 0.135. The van der Waals surface area contributed by atoms with E-state index in [2.05, 4.69) is 10.6 Å². The molecule has 0 amide bonds. The molecule has 0 aromatic heterocycles. The third-order valence-electron chi connectivity index (χ3n) is 4.30. The van der Waals surface area contributed by atoms with Crippen molar-refractivity contribution in [1.82, 2.24) is 10.6 Å². The van der Waals surface area contributed by atoms with E-state index in [0.717, 1.165) is 5.56 Å². The number of aliphatic hydroxyl groups is 2. The second-order valence-corrected chi connectivity index (χ2v) is 7.34. The van der Waals surface area contributed by atoms with Crippen LogP contribution in [-0.4, -0.2) is 94.3 Å². The highest BCUT2D eigenvalue weighted by atomic mass is 16.7. The molecule has 0 spiro atoms. The van der Waals surface area contributed by atoms with Crippen LogP contribution in [0.1, 0.15) is 12.5 Å². The molecule has 34 heavy (non-hydrogen) atoms. The summed E-state index contributed by atoms with van der Waals surface area (Å²) in [5.74, 6) is -0.744. The van der Waals surface area contributed by atoms with Crippen LogP contribution in [0.4, 0.5) is 9.59 Å². The molecule has 0 fully saturated rings. The molecule has 4 N–H and O–H groups in total. The number of hydrogen-bond acceptors (Lipinski definition) is 12. The average Bonchev–Trinajstić information content (AvgIpc) is 2.85. The van der Waals surface area contributed by atoms with Crippen molar-refractivity contribution in [2.75, 3.05) is 65.8 Å². The molecule has 12 heteroatoms. The molecule has 1 rings (SSSR count). The molecule has 0 aliphatic rings. The van der Waals surface area contributed by atoms with Gasteiger partial charge in [-0.25, -0.2) is 9.59 Å². The van der Waals surface area contributed by atoms with Crippen molar-refractivity contribution in [3.8, 4) is 0 Å². The van der Waals surface area contributed by atoms with Crippen molar-refractivity contribution in [3.05, 3.63) is 35.9 Å². The van der Waals surface area contributed by atoms with Gasteiger partial charge in [0.2, 0.25) is 0 Å². The van der Waals surface area contributed by atoms with Crippen molar-refractivity contribution < 1.29 is 48.3 Å². The Labute approximate surface area is 198 Å². The van der Waals surface area contributed by atoms with Gasteiger partial charge in [0.1, 0.15) is 38.4 Å². The number of ether oxygens (including phenoxy) is 5.